The molecule has 0 aromatic carbocycles. The van der Waals surface area contributed by atoms with E-state index in [0.717, 1.165) is 0 Å². The Kier molecular flexibility index (Phi) is 40.0. The predicted molar refractivity (Wildman–Crippen MR) is 246 cm³/mol. The van der Waals surface area contributed by atoms with Crippen LogP contribution in [0.15, 0.2) is 0 Å². The van der Waals surface area contributed by atoms with Gasteiger partial charge in [-0.05, 0) is 0 Å². The van der Waals surface area contributed by atoms with Crippen LogP contribution in [0.1, 0.15) is 291 Å². The van der Waals surface area contributed by atoms with E-state index in [0.29, 0.717) is 0 Å². The fraction of sp³-hybridized carbons (Fsp3) is 0.980. The fourth-order valence-electron chi connectivity index (χ4n) is 9.21. The van der Waals surface area contributed by atoms with Gasteiger partial charge in [0.1, 0.15) is 0 Å². The van der Waals surface area contributed by atoms with E-state index in [1.54, 1.807) is 6.92 Å². The monoisotopic (exact) mass is 767 g/mol. The van der Waals surface area contributed by atoms with E-state index in [2.05, 4.69) is 27.7 Å². The average Bonchev–Trinajstić information content (AvgIpc) is 3.14. The van der Waals surface area contributed by atoms with Crippen LogP contribution in [0.2, 0.25) is 0 Å². The van der Waals surface area contributed by atoms with E-state index in [4.69, 9.17) is 4.52 Å². The van der Waals surface area contributed by atoms with Crippen LogP contribution < -0.4 is 0 Å². The molecule has 0 aromatic heterocycles. The van der Waals surface area contributed by atoms with E-state index in [9.17, 15) is 4.79 Å². The molecule has 0 rings (SSSR count). The van der Waals surface area contributed by atoms with Crippen LogP contribution in [0.25, 0.3) is 0 Å². The van der Waals surface area contributed by atoms with E-state index < -0.39 is 6.83 Å². The van der Waals surface area contributed by atoms with E-state index in [-0.39, 0.29) is 5.97 Å². The van der Waals surface area contributed by atoms with Crippen LogP contribution in [-0.4, -0.2) is 30.6 Å². The Morgan fingerprint density at radius 1 is 0.283 bits per heavy atom. The van der Waals surface area contributed by atoms with Crippen LogP contribution >= 0.6 is 6.83 Å². The minimum atomic E-state index is -2.63. The zero-order chi connectivity index (χ0) is 38.8. The molecule has 320 valence electrons. The third-order valence-corrected chi connectivity index (χ3v) is 19.3. The molecule has 0 unspecified atom stereocenters. The molecule has 0 aliphatic heterocycles. The van der Waals surface area contributed by atoms with Gasteiger partial charge in [-0.15, -0.1) is 0 Å². The summed E-state index contributed by atoms with van der Waals surface area (Å²) in [7, 11) is 0. The Hall–Kier alpha value is -0.100. The Morgan fingerprint density at radius 2 is 0.434 bits per heavy atom. The number of carbonyl (C=O) groups excluding carboxylic acids is 1. The van der Waals surface area contributed by atoms with Gasteiger partial charge in [0.15, 0.2) is 0 Å². The van der Waals surface area contributed by atoms with Crippen molar-refractivity contribution in [1.82, 2.24) is 0 Å². The molecule has 0 radical (unpaired) electrons. The third-order valence-electron chi connectivity index (χ3n) is 12.7. The summed E-state index contributed by atoms with van der Waals surface area (Å²) in [4.78, 5) is 13.2. The van der Waals surface area contributed by atoms with Gasteiger partial charge in [-0.2, -0.15) is 0 Å². The molecule has 3 heteroatoms. The van der Waals surface area contributed by atoms with Crippen LogP contribution in [0.3, 0.4) is 0 Å². The molecular weight excluding hydrogens is 664 g/mol. The number of unbranched alkanes of at least 4 members (excludes halogenated alkanes) is 36. The first kappa shape index (κ1) is 52.9. The van der Waals surface area contributed by atoms with Crippen molar-refractivity contribution < 1.29 is 9.32 Å². The number of carbonyl (C=O) groups is 1. The number of hydrogen-bond donors (Lipinski definition) is 0. The Balaban J connectivity index is 5.51. The van der Waals surface area contributed by atoms with Gasteiger partial charge in [0, 0.05) is 0 Å². The van der Waals surface area contributed by atoms with Crippen molar-refractivity contribution in [2.75, 3.05) is 24.6 Å². The summed E-state index contributed by atoms with van der Waals surface area (Å²) in [6.07, 6.45) is 60.1. The first-order chi connectivity index (χ1) is 26.0. The van der Waals surface area contributed by atoms with Crippen molar-refractivity contribution in [3.05, 3.63) is 0 Å². The molecule has 0 aliphatic rings. The van der Waals surface area contributed by atoms with Gasteiger partial charge >= 0.3 is 338 Å². The molecule has 0 saturated carbocycles. The van der Waals surface area contributed by atoms with Gasteiger partial charge < -0.3 is 0 Å². The normalized spacial score (nSPS) is 12.7. The molecule has 0 spiro atoms. The Labute approximate surface area is 337 Å². The summed E-state index contributed by atoms with van der Waals surface area (Å²) >= 11 is 0. The first-order valence-corrected chi connectivity index (χ1v) is 28.1. The van der Waals surface area contributed by atoms with Crippen molar-refractivity contribution in [1.29, 1.82) is 0 Å². The summed E-state index contributed by atoms with van der Waals surface area (Å²) in [5.74, 6) is 0.0426. The third kappa shape index (κ3) is 33.7. The second-order valence-electron chi connectivity index (χ2n) is 18.1. The zero-order valence-electron chi connectivity index (χ0n) is 37.9. The van der Waals surface area contributed by atoms with Gasteiger partial charge in [0.25, 0.3) is 0 Å². The van der Waals surface area contributed by atoms with E-state index >= 15 is 0 Å². The molecule has 53 heavy (non-hydrogen) atoms. The molecule has 0 heterocycles. The van der Waals surface area contributed by atoms with E-state index in [1.165, 1.54) is 281 Å². The summed E-state index contributed by atoms with van der Waals surface area (Å²) in [5.41, 5.74) is 0. The average molecular weight is 767 g/mol. The standard InChI is InChI=1S/C50H103O2P/c1-6-10-14-18-22-26-30-34-38-42-46-53(52-50(5)51,47-43-39-35-31-27-23-19-15-11-7-2,48-44-40-36-32-28-24-20-16-12-8-3)49-45-41-37-33-29-25-21-17-13-9-4/h6-49H2,1-5H3. The van der Waals surface area contributed by atoms with Crippen LogP contribution in [0.4, 0.5) is 0 Å². The topological polar surface area (TPSA) is 26.3 Å². The van der Waals surface area contributed by atoms with Crippen LogP contribution in [-0.2, 0) is 9.32 Å². The summed E-state index contributed by atoms with van der Waals surface area (Å²) in [6, 6.07) is 0. The quantitative estimate of drug-likeness (QED) is 0.0456. The molecule has 0 amide bonds. The SMILES string of the molecule is CCCCCCCCCCCCP(CCCCCCCCCCCC)(CCCCCCCCCCCC)(CCCCCCCCCCCC)OC(C)=O. The number of hydrogen-bond acceptors (Lipinski definition) is 2. The first-order valence-electron chi connectivity index (χ1n) is 25.2. The molecule has 0 N–H and O–H groups in total. The van der Waals surface area contributed by atoms with Crippen molar-refractivity contribution in [2.24, 2.45) is 0 Å². The minimum absolute atomic E-state index is 0.0426. The summed E-state index contributed by atoms with van der Waals surface area (Å²) < 4.78 is 7.05. The fourth-order valence-corrected chi connectivity index (χ4v) is 15.7. The molecule has 0 atom stereocenters. The Morgan fingerprint density at radius 3 is 0.585 bits per heavy atom. The summed E-state index contributed by atoms with van der Waals surface area (Å²) in [5, 5.41) is 0. The molecular formula is C50H103O2P. The molecule has 0 bridgehead atoms. The molecule has 0 fully saturated rings. The Bertz CT molecular complexity index is 627. The molecule has 0 saturated heterocycles. The van der Waals surface area contributed by atoms with Crippen molar-refractivity contribution in [2.45, 2.75) is 291 Å². The maximum atomic E-state index is 13.2. The molecule has 2 nitrogen and oxygen atoms in total. The predicted octanol–water partition coefficient (Wildman–Crippen LogP) is 18.7. The molecule has 0 aliphatic carbocycles. The second-order valence-corrected chi connectivity index (χ2v) is 23.8. The van der Waals surface area contributed by atoms with Gasteiger partial charge in [0.2, 0.25) is 0 Å². The number of rotatable bonds is 45. The van der Waals surface area contributed by atoms with Crippen molar-refractivity contribution in [3.8, 4) is 0 Å². The van der Waals surface area contributed by atoms with Crippen LogP contribution in [0, 0.1) is 0 Å². The van der Waals surface area contributed by atoms with Gasteiger partial charge in [-0.1, -0.05) is 0 Å². The van der Waals surface area contributed by atoms with Crippen LogP contribution in [0.5, 0.6) is 0 Å². The van der Waals surface area contributed by atoms with Crippen molar-refractivity contribution >= 4 is 12.8 Å². The maximum absolute atomic E-state index is 13.2. The van der Waals surface area contributed by atoms with Gasteiger partial charge in [-0.25, -0.2) is 0 Å². The second kappa shape index (κ2) is 40.1. The van der Waals surface area contributed by atoms with E-state index in [1.807, 2.05) is 0 Å². The summed E-state index contributed by atoms with van der Waals surface area (Å²) in [6.45, 7) is 8.39. The van der Waals surface area contributed by atoms with Gasteiger partial charge in [0.05, 0.1) is 0 Å². The van der Waals surface area contributed by atoms with Gasteiger partial charge in [-0.3, -0.25) is 0 Å². The van der Waals surface area contributed by atoms with Crippen molar-refractivity contribution in [3.63, 3.8) is 0 Å². The molecule has 0 aromatic rings. The zero-order valence-corrected chi connectivity index (χ0v) is 38.8.